The van der Waals surface area contributed by atoms with Crippen LogP contribution in [0.15, 0.2) is 24.3 Å². The number of aryl methyl sites for hydroxylation is 1. The van der Waals surface area contributed by atoms with Crippen molar-refractivity contribution in [3.05, 3.63) is 35.4 Å². The lowest BCUT2D eigenvalue weighted by molar-refractivity contribution is -0.126. The summed E-state index contributed by atoms with van der Waals surface area (Å²) in [5.74, 6) is -0.760. The van der Waals surface area contributed by atoms with Gasteiger partial charge in [0, 0.05) is 0 Å². The van der Waals surface area contributed by atoms with E-state index in [-0.39, 0.29) is 6.61 Å². The first-order valence-corrected chi connectivity index (χ1v) is 4.49. The minimum absolute atomic E-state index is 0.210. The summed E-state index contributed by atoms with van der Waals surface area (Å²) in [6.45, 7) is 2.19. The monoisotopic (exact) mass is 204 g/mol. The van der Waals surface area contributed by atoms with Crippen LogP contribution >= 0.6 is 0 Å². The molecule has 1 aromatic carbocycles. The molecule has 1 amide bonds. The number of primary amides is 1. The molecule has 0 radical (unpaired) electrons. The van der Waals surface area contributed by atoms with Crippen molar-refractivity contribution < 1.29 is 9.53 Å². The van der Waals surface area contributed by atoms with Gasteiger partial charge in [0.25, 0.3) is 5.91 Å². The predicted molar refractivity (Wildman–Crippen MR) is 54.6 cm³/mol. The first-order chi connectivity index (χ1) is 7.13. The molecule has 0 saturated heterocycles. The van der Waals surface area contributed by atoms with E-state index in [1.807, 2.05) is 31.2 Å². The summed E-state index contributed by atoms with van der Waals surface area (Å²) in [4.78, 5) is 10.7. The molecule has 78 valence electrons. The summed E-state index contributed by atoms with van der Waals surface area (Å²) in [6, 6.07) is 9.32. The van der Waals surface area contributed by atoms with Crippen molar-refractivity contribution in [3.8, 4) is 6.07 Å². The van der Waals surface area contributed by atoms with Crippen LogP contribution in [0.5, 0.6) is 0 Å². The number of carbonyl (C=O) groups excluding carboxylic acids is 1. The fourth-order valence-corrected chi connectivity index (χ4v) is 1.05. The second kappa shape index (κ2) is 5.13. The third-order valence-electron chi connectivity index (χ3n) is 1.91. The van der Waals surface area contributed by atoms with Crippen LogP contribution in [-0.2, 0) is 16.1 Å². The summed E-state index contributed by atoms with van der Waals surface area (Å²) < 4.78 is 5.04. The lowest BCUT2D eigenvalue weighted by Crippen LogP contribution is -2.29. The standard InChI is InChI=1S/C11H12N2O2/c1-8-2-4-9(5-3-8)7-15-10(6-12)11(13)14/h2-5,10H,7H2,1H3,(H2,13,14). The molecule has 0 spiro atoms. The Bertz CT molecular complexity index is 379. The Balaban J connectivity index is 2.54. The summed E-state index contributed by atoms with van der Waals surface area (Å²) in [5, 5.41) is 8.54. The number of nitriles is 1. The Hall–Kier alpha value is -1.86. The highest BCUT2D eigenvalue weighted by Gasteiger charge is 2.13. The smallest absolute Gasteiger partial charge is 0.261 e. The Morgan fingerprint density at radius 3 is 2.60 bits per heavy atom. The molecule has 1 rings (SSSR count). The van der Waals surface area contributed by atoms with Gasteiger partial charge in [-0.2, -0.15) is 5.26 Å². The quantitative estimate of drug-likeness (QED) is 0.791. The molecule has 4 heteroatoms. The lowest BCUT2D eigenvalue weighted by atomic mass is 10.2. The van der Waals surface area contributed by atoms with Crippen LogP contribution in [0.25, 0.3) is 0 Å². The van der Waals surface area contributed by atoms with Gasteiger partial charge in [-0.3, -0.25) is 4.79 Å². The molecule has 0 aliphatic carbocycles. The molecular weight excluding hydrogens is 192 g/mol. The van der Waals surface area contributed by atoms with Gasteiger partial charge in [-0.05, 0) is 12.5 Å². The first-order valence-electron chi connectivity index (χ1n) is 4.49. The molecule has 0 fully saturated rings. The van der Waals surface area contributed by atoms with Crippen LogP contribution in [0.1, 0.15) is 11.1 Å². The second-order valence-corrected chi connectivity index (χ2v) is 3.21. The van der Waals surface area contributed by atoms with Crippen LogP contribution in [0.2, 0.25) is 0 Å². The SMILES string of the molecule is Cc1ccc(COC(C#N)C(N)=O)cc1. The maximum absolute atomic E-state index is 10.7. The number of nitrogens with two attached hydrogens (primary N) is 1. The van der Waals surface area contributed by atoms with Gasteiger partial charge < -0.3 is 10.5 Å². The maximum atomic E-state index is 10.7. The Morgan fingerprint density at radius 2 is 2.13 bits per heavy atom. The third kappa shape index (κ3) is 3.41. The van der Waals surface area contributed by atoms with Crippen molar-refractivity contribution in [2.45, 2.75) is 19.6 Å². The van der Waals surface area contributed by atoms with Gasteiger partial charge in [0.2, 0.25) is 6.10 Å². The van der Waals surface area contributed by atoms with Gasteiger partial charge in [0.1, 0.15) is 6.07 Å². The van der Waals surface area contributed by atoms with E-state index in [9.17, 15) is 4.79 Å². The highest BCUT2D eigenvalue weighted by atomic mass is 16.5. The molecule has 0 bridgehead atoms. The fourth-order valence-electron chi connectivity index (χ4n) is 1.05. The van der Waals surface area contributed by atoms with E-state index >= 15 is 0 Å². The van der Waals surface area contributed by atoms with Crippen molar-refractivity contribution in [1.82, 2.24) is 0 Å². The summed E-state index contributed by atoms with van der Waals surface area (Å²) >= 11 is 0. The fraction of sp³-hybridized carbons (Fsp3) is 0.273. The number of rotatable bonds is 4. The highest BCUT2D eigenvalue weighted by molar-refractivity contribution is 5.81. The van der Waals surface area contributed by atoms with Crippen LogP contribution in [0, 0.1) is 18.3 Å². The molecule has 1 aromatic rings. The van der Waals surface area contributed by atoms with Crippen LogP contribution in [-0.4, -0.2) is 12.0 Å². The molecule has 0 aromatic heterocycles. The molecule has 15 heavy (non-hydrogen) atoms. The van der Waals surface area contributed by atoms with E-state index in [1.165, 1.54) is 0 Å². The average Bonchev–Trinajstić information content (AvgIpc) is 2.21. The average molecular weight is 204 g/mol. The number of amides is 1. The van der Waals surface area contributed by atoms with E-state index in [0.29, 0.717) is 0 Å². The van der Waals surface area contributed by atoms with Crippen molar-refractivity contribution in [2.75, 3.05) is 0 Å². The van der Waals surface area contributed by atoms with Crippen molar-refractivity contribution in [1.29, 1.82) is 5.26 Å². The van der Waals surface area contributed by atoms with E-state index < -0.39 is 12.0 Å². The maximum Gasteiger partial charge on any atom is 0.261 e. The Labute approximate surface area is 88.3 Å². The molecular formula is C11H12N2O2. The third-order valence-corrected chi connectivity index (χ3v) is 1.91. The Kier molecular flexibility index (Phi) is 3.83. The molecule has 0 aliphatic heterocycles. The minimum Gasteiger partial charge on any atom is -0.366 e. The van der Waals surface area contributed by atoms with Crippen molar-refractivity contribution >= 4 is 5.91 Å². The molecule has 4 nitrogen and oxygen atoms in total. The summed E-state index contributed by atoms with van der Waals surface area (Å²) in [7, 11) is 0. The van der Waals surface area contributed by atoms with Crippen LogP contribution in [0.4, 0.5) is 0 Å². The van der Waals surface area contributed by atoms with Crippen LogP contribution in [0.3, 0.4) is 0 Å². The van der Waals surface area contributed by atoms with Crippen LogP contribution < -0.4 is 5.73 Å². The number of nitrogens with zero attached hydrogens (tertiary/aromatic N) is 1. The van der Waals surface area contributed by atoms with Crippen molar-refractivity contribution in [2.24, 2.45) is 5.73 Å². The van der Waals surface area contributed by atoms with Gasteiger partial charge in [0.15, 0.2) is 0 Å². The minimum atomic E-state index is -1.17. The Morgan fingerprint density at radius 1 is 1.53 bits per heavy atom. The predicted octanol–water partition coefficient (Wildman–Crippen LogP) is 0.889. The van der Waals surface area contributed by atoms with E-state index in [0.717, 1.165) is 11.1 Å². The van der Waals surface area contributed by atoms with E-state index in [1.54, 1.807) is 6.07 Å². The molecule has 1 atom stereocenters. The molecule has 0 saturated carbocycles. The van der Waals surface area contributed by atoms with Gasteiger partial charge in [0.05, 0.1) is 6.61 Å². The zero-order valence-corrected chi connectivity index (χ0v) is 8.43. The van der Waals surface area contributed by atoms with Gasteiger partial charge in [-0.25, -0.2) is 0 Å². The normalized spacial score (nSPS) is 11.7. The van der Waals surface area contributed by atoms with Gasteiger partial charge in [-0.15, -0.1) is 0 Å². The topological polar surface area (TPSA) is 76.1 Å². The number of carbonyl (C=O) groups is 1. The summed E-state index contributed by atoms with van der Waals surface area (Å²) in [6.07, 6.45) is -1.17. The highest BCUT2D eigenvalue weighted by Crippen LogP contribution is 2.05. The number of hydrogen-bond acceptors (Lipinski definition) is 3. The first kappa shape index (κ1) is 11.2. The number of hydrogen-bond donors (Lipinski definition) is 1. The number of benzene rings is 1. The second-order valence-electron chi connectivity index (χ2n) is 3.21. The molecule has 2 N–H and O–H groups in total. The van der Waals surface area contributed by atoms with E-state index in [2.05, 4.69) is 0 Å². The molecule has 0 heterocycles. The van der Waals surface area contributed by atoms with Crippen molar-refractivity contribution in [3.63, 3.8) is 0 Å². The summed E-state index contributed by atoms with van der Waals surface area (Å²) in [5.41, 5.74) is 7.00. The van der Waals surface area contributed by atoms with Gasteiger partial charge >= 0.3 is 0 Å². The zero-order chi connectivity index (χ0) is 11.3. The largest absolute Gasteiger partial charge is 0.366 e. The molecule has 0 aliphatic rings. The zero-order valence-electron chi connectivity index (χ0n) is 8.43. The lowest BCUT2D eigenvalue weighted by Gasteiger charge is -2.07. The van der Waals surface area contributed by atoms with E-state index in [4.69, 9.17) is 15.7 Å². The molecule has 1 unspecified atom stereocenters. The van der Waals surface area contributed by atoms with Gasteiger partial charge in [-0.1, -0.05) is 29.8 Å². The number of ether oxygens (including phenoxy) is 1.